The van der Waals surface area contributed by atoms with Crippen molar-refractivity contribution in [2.75, 3.05) is 11.9 Å². The van der Waals surface area contributed by atoms with E-state index in [9.17, 15) is 0 Å². The first-order valence-corrected chi connectivity index (χ1v) is 9.07. The van der Waals surface area contributed by atoms with Gasteiger partial charge in [-0.15, -0.1) is 0 Å². The first kappa shape index (κ1) is 16.8. The molecular weight excluding hydrogens is 348 g/mol. The van der Waals surface area contributed by atoms with Crippen molar-refractivity contribution in [1.82, 2.24) is 24.1 Å². The lowest BCUT2D eigenvalue weighted by molar-refractivity contribution is 0.495. The average molecular weight is 369 g/mol. The van der Waals surface area contributed by atoms with E-state index in [0.29, 0.717) is 16.6 Å². The van der Waals surface area contributed by atoms with Crippen LogP contribution in [-0.2, 0) is 6.54 Å². The highest BCUT2D eigenvalue weighted by Crippen LogP contribution is 2.28. The molecule has 0 aliphatic rings. The highest BCUT2D eigenvalue weighted by Gasteiger charge is 2.15. The second kappa shape index (κ2) is 6.61. The predicted molar refractivity (Wildman–Crippen MR) is 105 cm³/mol. The number of aryl methyl sites for hydroxylation is 2. The van der Waals surface area contributed by atoms with Gasteiger partial charge in [0.15, 0.2) is 5.65 Å². The number of benzene rings is 1. The summed E-state index contributed by atoms with van der Waals surface area (Å²) in [4.78, 5) is 9.03. The Hall–Kier alpha value is -2.60. The third kappa shape index (κ3) is 2.90. The molecule has 0 fully saturated rings. The van der Waals surface area contributed by atoms with Gasteiger partial charge in [0.25, 0.3) is 0 Å². The van der Waals surface area contributed by atoms with E-state index >= 15 is 0 Å². The third-order valence-electron chi connectivity index (χ3n) is 4.62. The van der Waals surface area contributed by atoms with Crippen LogP contribution in [0, 0.1) is 19.8 Å². The van der Waals surface area contributed by atoms with Crippen molar-refractivity contribution in [2.24, 2.45) is 5.92 Å². The number of nitrogens with zero attached hydrogens (tertiary/aromatic N) is 5. The molecule has 7 heteroatoms. The van der Waals surface area contributed by atoms with Gasteiger partial charge in [0.1, 0.15) is 16.7 Å². The summed E-state index contributed by atoms with van der Waals surface area (Å²) in [6.45, 7) is 7.84. The molecule has 1 atom stereocenters. The summed E-state index contributed by atoms with van der Waals surface area (Å²) in [5, 5.41) is 9.65. The van der Waals surface area contributed by atoms with Crippen LogP contribution < -0.4 is 5.32 Å². The second-order valence-corrected chi connectivity index (χ2v) is 7.10. The number of fused-ring (bicyclic) bond motifs is 3. The third-order valence-corrected chi connectivity index (χ3v) is 5.06. The van der Waals surface area contributed by atoms with Crippen molar-refractivity contribution in [3.8, 4) is 0 Å². The van der Waals surface area contributed by atoms with Crippen molar-refractivity contribution in [1.29, 1.82) is 0 Å². The van der Waals surface area contributed by atoms with E-state index in [-0.39, 0.29) is 0 Å². The summed E-state index contributed by atoms with van der Waals surface area (Å²) >= 11 is 6.41. The summed E-state index contributed by atoms with van der Waals surface area (Å²) in [6, 6.07) is 8.11. The zero-order valence-corrected chi connectivity index (χ0v) is 15.8. The molecule has 0 aliphatic heterocycles. The van der Waals surface area contributed by atoms with E-state index in [1.54, 1.807) is 0 Å². The minimum atomic E-state index is 0.418. The van der Waals surface area contributed by atoms with E-state index in [0.717, 1.165) is 41.3 Å². The molecule has 0 spiro atoms. The fourth-order valence-corrected chi connectivity index (χ4v) is 3.35. The Labute approximate surface area is 156 Å². The number of hydrogen-bond acceptors (Lipinski definition) is 4. The fraction of sp³-hybridized carbons (Fsp3) is 0.316. The highest BCUT2D eigenvalue weighted by molar-refractivity contribution is 6.34. The maximum atomic E-state index is 6.41. The number of halogens is 1. The smallest absolute Gasteiger partial charge is 0.176 e. The Bertz CT molecular complexity index is 1080. The first-order chi connectivity index (χ1) is 12.5. The van der Waals surface area contributed by atoms with Crippen LogP contribution in [0.5, 0.6) is 0 Å². The Balaban J connectivity index is 1.65. The van der Waals surface area contributed by atoms with Gasteiger partial charge in [0, 0.05) is 30.9 Å². The molecule has 1 N–H and O–H groups in total. The molecule has 0 unspecified atom stereocenters. The SMILES string of the molecule is Cc1nn2c(nc(NC[C@H](C)Cn3ccnc3C)c3ccccc32)c1Cl. The summed E-state index contributed by atoms with van der Waals surface area (Å²) < 4.78 is 3.98. The van der Waals surface area contributed by atoms with Gasteiger partial charge in [-0.25, -0.2) is 14.5 Å². The molecule has 3 aromatic heterocycles. The minimum Gasteiger partial charge on any atom is -0.369 e. The quantitative estimate of drug-likeness (QED) is 0.576. The molecule has 26 heavy (non-hydrogen) atoms. The fourth-order valence-electron chi connectivity index (χ4n) is 3.19. The van der Waals surface area contributed by atoms with Gasteiger partial charge in [0.05, 0.1) is 11.2 Å². The van der Waals surface area contributed by atoms with E-state index in [1.807, 2.05) is 49.0 Å². The predicted octanol–water partition coefficient (Wildman–Crippen LogP) is 4.10. The highest BCUT2D eigenvalue weighted by atomic mass is 35.5. The van der Waals surface area contributed by atoms with Gasteiger partial charge in [0.2, 0.25) is 0 Å². The van der Waals surface area contributed by atoms with E-state index in [1.165, 1.54) is 0 Å². The Morgan fingerprint density at radius 1 is 1.23 bits per heavy atom. The van der Waals surface area contributed by atoms with Gasteiger partial charge in [-0.1, -0.05) is 30.7 Å². The molecule has 134 valence electrons. The summed E-state index contributed by atoms with van der Waals surface area (Å²) in [5.74, 6) is 2.29. The van der Waals surface area contributed by atoms with Crippen LogP contribution in [0.4, 0.5) is 5.82 Å². The number of hydrogen-bond donors (Lipinski definition) is 1. The van der Waals surface area contributed by atoms with Crippen molar-refractivity contribution < 1.29 is 0 Å². The molecule has 0 aliphatic carbocycles. The Kier molecular flexibility index (Phi) is 4.28. The zero-order chi connectivity index (χ0) is 18.3. The van der Waals surface area contributed by atoms with Gasteiger partial charge < -0.3 is 9.88 Å². The Morgan fingerprint density at radius 3 is 2.81 bits per heavy atom. The van der Waals surface area contributed by atoms with Gasteiger partial charge in [-0.05, 0) is 31.9 Å². The number of imidazole rings is 1. The maximum Gasteiger partial charge on any atom is 0.176 e. The number of nitrogens with one attached hydrogen (secondary N) is 1. The van der Waals surface area contributed by atoms with Crippen LogP contribution >= 0.6 is 11.6 Å². The van der Waals surface area contributed by atoms with Crippen LogP contribution in [-0.4, -0.2) is 30.7 Å². The summed E-state index contributed by atoms with van der Waals surface area (Å²) in [6.07, 6.45) is 3.85. The molecule has 0 saturated heterocycles. The summed E-state index contributed by atoms with van der Waals surface area (Å²) in [7, 11) is 0. The largest absolute Gasteiger partial charge is 0.369 e. The molecule has 0 bridgehead atoms. The number of anilines is 1. The first-order valence-electron chi connectivity index (χ1n) is 8.69. The van der Waals surface area contributed by atoms with Crippen LogP contribution in [0.2, 0.25) is 5.02 Å². The number of rotatable bonds is 5. The maximum absolute atomic E-state index is 6.41. The molecule has 4 rings (SSSR count). The monoisotopic (exact) mass is 368 g/mol. The zero-order valence-electron chi connectivity index (χ0n) is 15.1. The van der Waals surface area contributed by atoms with Crippen LogP contribution in [0.3, 0.4) is 0 Å². The van der Waals surface area contributed by atoms with Gasteiger partial charge in [-0.3, -0.25) is 0 Å². The lowest BCUT2D eigenvalue weighted by Crippen LogP contribution is -2.18. The topological polar surface area (TPSA) is 60.0 Å². The Morgan fingerprint density at radius 2 is 2.04 bits per heavy atom. The van der Waals surface area contributed by atoms with Crippen molar-refractivity contribution >= 4 is 34.0 Å². The normalized spacial score (nSPS) is 12.8. The molecule has 4 aromatic rings. The molecule has 3 heterocycles. The number of aromatic nitrogens is 5. The molecule has 1 aromatic carbocycles. The van der Waals surface area contributed by atoms with Gasteiger partial charge >= 0.3 is 0 Å². The van der Waals surface area contributed by atoms with E-state index in [2.05, 4.69) is 33.0 Å². The number of para-hydroxylation sites is 1. The van der Waals surface area contributed by atoms with Crippen molar-refractivity contribution in [2.45, 2.75) is 27.3 Å². The lowest BCUT2D eigenvalue weighted by Gasteiger charge is -2.16. The van der Waals surface area contributed by atoms with Crippen LogP contribution in [0.15, 0.2) is 36.7 Å². The van der Waals surface area contributed by atoms with Crippen molar-refractivity contribution in [3.05, 3.63) is 53.2 Å². The summed E-state index contributed by atoms with van der Waals surface area (Å²) in [5.41, 5.74) is 2.46. The lowest BCUT2D eigenvalue weighted by atomic mass is 10.1. The van der Waals surface area contributed by atoms with Gasteiger partial charge in [-0.2, -0.15) is 5.10 Å². The molecule has 0 saturated carbocycles. The second-order valence-electron chi connectivity index (χ2n) is 6.73. The molecular formula is C19H21ClN6. The van der Waals surface area contributed by atoms with Crippen molar-refractivity contribution in [3.63, 3.8) is 0 Å². The molecule has 0 amide bonds. The molecule has 6 nitrogen and oxygen atoms in total. The van der Waals surface area contributed by atoms with Crippen LogP contribution in [0.1, 0.15) is 18.4 Å². The minimum absolute atomic E-state index is 0.418. The molecule has 0 radical (unpaired) electrons. The van der Waals surface area contributed by atoms with Crippen LogP contribution in [0.25, 0.3) is 16.6 Å². The average Bonchev–Trinajstić information content (AvgIpc) is 3.17. The standard InChI is InChI=1S/C19H21ClN6/c1-12(11-25-9-8-21-14(25)3)10-22-18-15-6-4-5-7-16(15)26-19(23-18)17(20)13(2)24-26/h4-9,12H,10-11H2,1-3H3,(H,22,23)/t12-/m0/s1. The van der Waals surface area contributed by atoms with E-state index < -0.39 is 0 Å². The van der Waals surface area contributed by atoms with E-state index in [4.69, 9.17) is 16.6 Å².